The second-order valence-electron chi connectivity index (χ2n) is 5.83. The quantitative estimate of drug-likeness (QED) is 0.863. The van der Waals surface area contributed by atoms with Crippen LogP contribution in [-0.2, 0) is 6.42 Å². The zero-order valence-electron chi connectivity index (χ0n) is 12.1. The van der Waals surface area contributed by atoms with Gasteiger partial charge in [-0.05, 0) is 23.8 Å². The second kappa shape index (κ2) is 5.92. The molecule has 0 aliphatic carbocycles. The summed E-state index contributed by atoms with van der Waals surface area (Å²) < 4.78 is 0. The Labute approximate surface area is 124 Å². The minimum Gasteiger partial charge on any atom is -0.346 e. The molecule has 2 aromatic rings. The highest BCUT2D eigenvalue weighted by Gasteiger charge is 2.24. The first kappa shape index (κ1) is 13.6. The van der Waals surface area contributed by atoms with E-state index in [1.54, 1.807) is 11.3 Å². The molecule has 1 saturated heterocycles. The molecule has 0 spiro atoms. The molecule has 3 rings (SSSR count). The summed E-state index contributed by atoms with van der Waals surface area (Å²) >= 11 is 1.74. The van der Waals surface area contributed by atoms with Crippen LogP contribution in [-0.4, -0.2) is 23.3 Å². The molecule has 0 bridgehead atoms. The molecule has 0 radical (unpaired) electrons. The number of rotatable bonds is 3. The molecule has 2 atom stereocenters. The Balaban J connectivity index is 1.68. The highest BCUT2D eigenvalue weighted by molar-refractivity contribution is 7.15. The minimum absolute atomic E-state index is 0.741. The molecule has 4 heteroatoms. The van der Waals surface area contributed by atoms with Gasteiger partial charge >= 0.3 is 0 Å². The lowest BCUT2D eigenvalue weighted by molar-refractivity contribution is 0.323. The number of hydrogen-bond acceptors (Lipinski definition) is 4. The number of benzene rings is 1. The number of piperidine rings is 1. The predicted octanol–water partition coefficient (Wildman–Crippen LogP) is 3.61. The lowest BCUT2D eigenvalue weighted by atomic mass is 9.89. The van der Waals surface area contributed by atoms with E-state index in [9.17, 15) is 0 Å². The van der Waals surface area contributed by atoms with E-state index in [4.69, 9.17) is 0 Å². The van der Waals surface area contributed by atoms with E-state index in [2.05, 4.69) is 53.2 Å². The Bertz CT molecular complexity index is 552. The molecule has 3 nitrogen and oxygen atoms in total. The average molecular weight is 287 g/mol. The van der Waals surface area contributed by atoms with Gasteiger partial charge < -0.3 is 4.90 Å². The van der Waals surface area contributed by atoms with Crippen molar-refractivity contribution in [3.63, 3.8) is 0 Å². The van der Waals surface area contributed by atoms with Gasteiger partial charge in [-0.15, -0.1) is 10.2 Å². The van der Waals surface area contributed by atoms with E-state index in [0.717, 1.165) is 41.5 Å². The van der Waals surface area contributed by atoms with Crippen LogP contribution in [0.2, 0.25) is 0 Å². The molecule has 1 aromatic heterocycles. The van der Waals surface area contributed by atoms with Crippen molar-refractivity contribution < 1.29 is 0 Å². The van der Waals surface area contributed by atoms with E-state index in [-0.39, 0.29) is 0 Å². The van der Waals surface area contributed by atoms with Gasteiger partial charge in [0.2, 0.25) is 5.13 Å². The van der Waals surface area contributed by atoms with Crippen LogP contribution in [0.4, 0.5) is 5.13 Å². The number of anilines is 1. The molecule has 1 fully saturated rings. The maximum Gasteiger partial charge on any atom is 0.208 e. The Kier molecular flexibility index (Phi) is 4.01. The smallest absolute Gasteiger partial charge is 0.208 e. The average Bonchev–Trinajstić information content (AvgIpc) is 2.91. The van der Waals surface area contributed by atoms with Crippen LogP contribution in [0, 0.1) is 11.8 Å². The first-order valence-corrected chi connectivity index (χ1v) is 8.15. The van der Waals surface area contributed by atoms with Crippen molar-refractivity contribution in [3.05, 3.63) is 40.9 Å². The summed E-state index contributed by atoms with van der Waals surface area (Å²) in [5, 5.41) is 10.9. The van der Waals surface area contributed by atoms with Crippen LogP contribution in [0.25, 0.3) is 0 Å². The molecular formula is C16H21N3S. The van der Waals surface area contributed by atoms with Gasteiger partial charge in [-0.25, -0.2) is 0 Å². The lowest BCUT2D eigenvalue weighted by Gasteiger charge is -2.34. The van der Waals surface area contributed by atoms with Crippen molar-refractivity contribution in [2.75, 3.05) is 18.0 Å². The third kappa shape index (κ3) is 3.01. The van der Waals surface area contributed by atoms with Crippen LogP contribution < -0.4 is 4.90 Å². The summed E-state index contributed by atoms with van der Waals surface area (Å²) in [4.78, 5) is 2.40. The van der Waals surface area contributed by atoms with Gasteiger partial charge in [-0.1, -0.05) is 55.5 Å². The first-order valence-electron chi connectivity index (χ1n) is 7.33. The first-order chi connectivity index (χ1) is 9.72. The molecule has 106 valence electrons. The number of nitrogens with zero attached hydrogens (tertiary/aromatic N) is 3. The summed E-state index contributed by atoms with van der Waals surface area (Å²) in [7, 11) is 0. The van der Waals surface area contributed by atoms with Gasteiger partial charge in [0.15, 0.2) is 0 Å². The molecule has 1 aromatic carbocycles. The number of hydrogen-bond donors (Lipinski definition) is 0. The number of aromatic nitrogens is 2. The molecule has 2 heterocycles. The Morgan fingerprint density at radius 2 is 1.95 bits per heavy atom. The standard InChI is InChI=1S/C16H21N3S/c1-12-8-9-19(11-13(12)2)16-18-17-15(20-16)10-14-6-4-3-5-7-14/h3-7,12-13H,8-11H2,1-2H3. The molecule has 0 saturated carbocycles. The SMILES string of the molecule is CC1CCN(c2nnc(Cc3ccccc3)s2)CC1C. The normalized spacial score (nSPS) is 23.0. The molecule has 0 amide bonds. The van der Waals surface area contributed by atoms with E-state index in [0.29, 0.717) is 0 Å². The fourth-order valence-corrected chi connectivity index (χ4v) is 3.56. The van der Waals surface area contributed by atoms with Crippen molar-refractivity contribution in [3.8, 4) is 0 Å². The van der Waals surface area contributed by atoms with Crippen molar-refractivity contribution in [1.82, 2.24) is 10.2 Å². The van der Waals surface area contributed by atoms with Crippen LogP contribution in [0.1, 0.15) is 30.8 Å². The predicted molar refractivity (Wildman–Crippen MR) is 84.3 cm³/mol. The fourth-order valence-electron chi connectivity index (χ4n) is 2.65. The fraction of sp³-hybridized carbons (Fsp3) is 0.500. The summed E-state index contributed by atoms with van der Waals surface area (Å²) in [5.74, 6) is 1.56. The van der Waals surface area contributed by atoms with Crippen molar-refractivity contribution in [2.45, 2.75) is 26.7 Å². The maximum atomic E-state index is 4.39. The van der Waals surface area contributed by atoms with Gasteiger partial charge in [0.25, 0.3) is 0 Å². The summed E-state index contributed by atoms with van der Waals surface area (Å²) in [5.41, 5.74) is 1.30. The van der Waals surface area contributed by atoms with Gasteiger partial charge in [0, 0.05) is 19.5 Å². The monoisotopic (exact) mass is 287 g/mol. The zero-order chi connectivity index (χ0) is 13.9. The topological polar surface area (TPSA) is 29.0 Å². The van der Waals surface area contributed by atoms with Gasteiger partial charge in [-0.3, -0.25) is 0 Å². The van der Waals surface area contributed by atoms with Crippen molar-refractivity contribution in [2.24, 2.45) is 11.8 Å². The molecule has 20 heavy (non-hydrogen) atoms. The van der Waals surface area contributed by atoms with E-state index < -0.39 is 0 Å². The Morgan fingerprint density at radius 1 is 1.15 bits per heavy atom. The Morgan fingerprint density at radius 3 is 2.70 bits per heavy atom. The Hall–Kier alpha value is -1.42. The van der Waals surface area contributed by atoms with Gasteiger partial charge in [-0.2, -0.15) is 0 Å². The highest BCUT2D eigenvalue weighted by Crippen LogP contribution is 2.29. The van der Waals surface area contributed by atoms with Crippen LogP contribution in [0.15, 0.2) is 30.3 Å². The summed E-state index contributed by atoms with van der Waals surface area (Å²) in [6.45, 7) is 6.91. The van der Waals surface area contributed by atoms with E-state index >= 15 is 0 Å². The zero-order valence-corrected chi connectivity index (χ0v) is 12.9. The largest absolute Gasteiger partial charge is 0.346 e. The second-order valence-corrected chi connectivity index (χ2v) is 6.87. The third-order valence-electron chi connectivity index (χ3n) is 4.26. The summed E-state index contributed by atoms with van der Waals surface area (Å²) in [6.07, 6.45) is 2.15. The minimum atomic E-state index is 0.741. The summed E-state index contributed by atoms with van der Waals surface area (Å²) in [6, 6.07) is 10.5. The third-order valence-corrected chi connectivity index (χ3v) is 5.24. The van der Waals surface area contributed by atoms with E-state index in [1.165, 1.54) is 12.0 Å². The maximum absolute atomic E-state index is 4.39. The molecular weight excluding hydrogens is 266 g/mol. The molecule has 1 aliphatic heterocycles. The van der Waals surface area contributed by atoms with E-state index in [1.807, 2.05) is 6.07 Å². The van der Waals surface area contributed by atoms with Crippen LogP contribution in [0.3, 0.4) is 0 Å². The lowest BCUT2D eigenvalue weighted by Crippen LogP contribution is -2.38. The van der Waals surface area contributed by atoms with Gasteiger partial charge in [0.1, 0.15) is 5.01 Å². The van der Waals surface area contributed by atoms with Crippen LogP contribution in [0.5, 0.6) is 0 Å². The van der Waals surface area contributed by atoms with Crippen LogP contribution >= 0.6 is 11.3 Å². The molecule has 2 unspecified atom stereocenters. The molecule has 1 aliphatic rings. The van der Waals surface area contributed by atoms with Gasteiger partial charge in [0.05, 0.1) is 0 Å². The highest BCUT2D eigenvalue weighted by atomic mass is 32.1. The van der Waals surface area contributed by atoms with Crippen molar-refractivity contribution in [1.29, 1.82) is 0 Å². The molecule has 0 N–H and O–H groups in total. The van der Waals surface area contributed by atoms with Crippen molar-refractivity contribution >= 4 is 16.5 Å².